The van der Waals surface area contributed by atoms with Gasteiger partial charge in [0, 0.05) is 29.6 Å². The molecule has 1 aliphatic heterocycles. The number of piperidine rings is 1. The van der Waals surface area contributed by atoms with Crippen molar-refractivity contribution in [2.24, 2.45) is 17.6 Å². The number of amides is 3. The van der Waals surface area contributed by atoms with Gasteiger partial charge in [-0.2, -0.15) is 5.21 Å². The number of aromatic amines is 1. The number of nitrogens with two attached hydrogens (primary N) is 1. The Balaban J connectivity index is 0.00000486. The van der Waals surface area contributed by atoms with Crippen LogP contribution in [0.1, 0.15) is 54.4 Å². The van der Waals surface area contributed by atoms with Gasteiger partial charge in [0.15, 0.2) is 0 Å². The maximum atomic E-state index is 15.1. The molecule has 2 heterocycles. The number of carbonyl (C=O) groups is 3. The summed E-state index contributed by atoms with van der Waals surface area (Å²) in [5.41, 5.74) is 9.37. The number of nitrogens with one attached hydrogen (secondary N) is 5. The predicted molar refractivity (Wildman–Crippen MR) is 191 cm³/mol. The standard InChI is InChI=1S/C36H42FN9O3.ClH/c37-31-20-27(11-14-30(31)35(48)40-29-15-17-39-18-16-29)24-5-1-22(2-6-24)19-32(42-34(47)26-7-3-23(21-38)4-8-26)36(49)41-28-12-9-25(10-13-28)33-43-45-46-44-33;/h1-2,5-6,9-14,20,23,26,29,32,39H,3-4,7-8,15-19,21,38H2,(H,40,48)(H,41,49)(H,42,47)(H,43,44,45,46);1H/t23-,26-,32-;/m0./s1. The molecule has 12 nitrogen and oxygen atoms in total. The molecule has 1 saturated heterocycles. The van der Waals surface area contributed by atoms with E-state index in [4.69, 9.17) is 5.73 Å². The Kier molecular flexibility index (Phi) is 12.6. The molecule has 0 radical (unpaired) electrons. The highest BCUT2D eigenvalue weighted by Gasteiger charge is 2.29. The number of tetrazole rings is 1. The van der Waals surface area contributed by atoms with E-state index in [1.807, 2.05) is 24.3 Å². The molecule has 6 rings (SSSR count). The van der Waals surface area contributed by atoms with E-state index in [0.29, 0.717) is 29.5 Å². The second-order valence-corrected chi connectivity index (χ2v) is 12.9. The van der Waals surface area contributed by atoms with Crippen LogP contribution in [0.4, 0.5) is 10.1 Å². The molecule has 1 saturated carbocycles. The molecule has 1 aliphatic carbocycles. The van der Waals surface area contributed by atoms with Gasteiger partial charge in [-0.05, 0) is 122 Å². The molecule has 1 atom stereocenters. The molecule has 1 aromatic heterocycles. The van der Waals surface area contributed by atoms with Crippen molar-refractivity contribution in [2.75, 3.05) is 25.0 Å². The quantitative estimate of drug-likeness (QED) is 0.136. The lowest BCUT2D eigenvalue weighted by Gasteiger charge is -2.28. The number of halogens is 2. The van der Waals surface area contributed by atoms with Crippen molar-refractivity contribution < 1.29 is 18.8 Å². The molecule has 3 amide bonds. The normalized spacial score (nSPS) is 18.4. The van der Waals surface area contributed by atoms with Crippen molar-refractivity contribution in [2.45, 2.75) is 57.0 Å². The lowest BCUT2D eigenvalue weighted by Crippen LogP contribution is -2.48. The summed E-state index contributed by atoms with van der Waals surface area (Å²) in [6.07, 6.45) is 5.15. The van der Waals surface area contributed by atoms with Crippen molar-refractivity contribution in [3.63, 3.8) is 0 Å². The molecule has 3 aromatic carbocycles. The minimum absolute atomic E-state index is 0. The summed E-state index contributed by atoms with van der Waals surface area (Å²) in [5.74, 6) is -0.785. The van der Waals surface area contributed by atoms with E-state index in [1.54, 1.807) is 30.3 Å². The first kappa shape index (κ1) is 36.6. The SMILES string of the molecule is Cl.NC[C@H]1CC[C@H](C(=O)N[C@@H](Cc2ccc(-c3ccc(C(=O)NC4CCNCC4)c(F)c3)cc2)C(=O)Nc2ccc(-c3nn[nH]n3)cc2)CC1. The van der Waals surface area contributed by atoms with Crippen LogP contribution in [0.25, 0.3) is 22.5 Å². The highest BCUT2D eigenvalue weighted by molar-refractivity contribution is 5.98. The molecule has 2 aliphatic rings. The lowest BCUT2D eigenvalue weighted by molar-refractivity contribution is -0.130. The van der Waals surface area contributed by atoms with Crippen LogP contribution in [0.5, 0.6) is 0 Å². The maximum absolute atomic E-state index is 15.1. The fourth-order valence-electron chi connectivity index (χ4n) is 6.55. The van der Waals surface area contributed by atoms with Gasteiger partial charge in [0.25, 0.3) is 5.91 Å². The molecule has 0 spiro atoms. The molecule has 2 fully saturated rings. The number of rotatable bonds is 11. The average Bonchev–Trinajstić information content (AvgIpc) is 3.68. The zero-order chi connectivity index (χ0) is 34.2. The van der Waals surface area contributed by atoms with Gasteiger partial charge in [-0.3, -0.25) is 14.4 Å². The van der Waals surface area contributed by atoms with Gasteiger partial charge in [0.1, 0.15) is 11.9 Å². The Hall–Kier alpha value is -4.72. The zero-order valence-corrected chi connectivity index (χ0v) is 28.5. The Morgan fingerprint density at radius 3 is 2.20 bits per heavy atom. The third-order valence-corrected chi connectivity index (χ3v) is 9.56. The van der Waals surface area contributed by atoms with Crippen molar-refractivity contribution in [3.05, 3.63) is 83.7 Å². The number of hydrogen-bond acceptors (Lipinski definition) is 8. The van der Waals surface area contributed by atoms with Crippen LogP contribution in [0.3, 0.4) is 0 Å². The fourth-order valence-corrected chi connectivity index (χ4v) is 6.55. The zero-order valence-electron chi connectivity index (χ0n) is 27.7. The summed E-state index contributed by atoms with van der Waals surface area (Å²) in [6, 6.07) is 18.3. The van der Waals surface area contributed by atoms with Gasteiger partial charge in [-0.1, -0.05) is 30.3 Å². The topological polar surface area (TPSA) is 180 Å². The van der Waals surface area contributed by atoms with Crippen molar-refractivity contribution in [3.8, 4) is 22.5 Å². The summed E-state index contributed by atoms with van der Waals surface area (Å²) in [6.45, 7) is 2.27. The Bertz CT molecular complexity index is 1720. The second-order valence-electron chi connectivity index (χ2n) is 12.9. The van der Waals surface area contributed by atoms with E-state index in [-0.39, 0.29) is 48.2 Å². The first-order chi connectivity index (χ1) is 23.9. The predicted octanol–water partition coefficient (Wildman–Crippen LogP) is 4.01. The number of anilines is 1. The first-order valence-electron chi connectivity index (χ1n) is 16.9. The number of hydrogen-bond donors (Lipinski definition) is 6. The summed E-state index contributed by atoms with van der Waals surface area (Å²) >= 11 is 0. The van der Waals surface area contributed by atoms with Gasteiger partial charge in [-0.25, -0.2) is 4.39 Å². The van der Waals surface area contributed by atoms with Crippen LogP contribution in [-0.4, -0.2) is 70.1 Å². The van der Waals surface area contributed by atoms with E-state index in [0.717, 1.165) is 68.3 Å². The Morgan fingerprint density at radius 2 is 1.56 bits per heavy atom. The molecule has 50 heavy (non-hydrogen) atoms. The van der Waals surface area contributed by atoms with E-state index in [9.17, 15) is 14.4 Å². The number of aromatic nitrogens is 4. The van der Waals surface area contributed by atoms with Crippen LogP contribution in [0.15, 0.2) is 66.7 Å². The molecular weight excluding hydrogens is 661 g/mol. The van der Waals surface area contributed by atoms with Gasteiger partial charge < -0.3 is 27.0 Å². The molecule has 4 aromatic rings. The highest BCUT2D eigenvalue weighted by atomic mass is 35.5. The van der Waals surface area contributed by atoms with E-state index < -0.39 is 17.8 Å². The fraction of sp³-hybridized carbons (Fsp3) is 0.389. The largest absolute Gasteiger partial charge is 0.349 e. The number of nitrogens with zero attached hydrogens (tertiary/aromatic N) is 3. The van der Waals surface area contributed by atoms with Gasteiger partial charge in [0.2, 0.25) is 17.6 Å². The first-order valence-corrected chi connectivity index (χ1v) is 16.9. The van der Waals surface area contributed by atoms with Crippen molar-refractivity contribution in [1.29, 1.82) is 0 Å². The lowest BCUT2D eigenvalue weighted by atomic mass is 9.81. The third kappa shape index (κ3) is 9.29. The molecule has 7 N–H and O–H groups in total. The molecule has 264 valence electrons. The summed E-state index contributed by atoms with van der Waals surface area (Å²) in [5, 5.41) is 26.1. The van der Waals surface area contributed by atoms with Crippen LogP contribution in [-0.2, 0) is 16.0 Å². The highest BCUT2D eigenvalue weighted by Crippen LogP contribution is 2.29. The van der Waals surface area contributed by atoms with Crippen LogP contribution < -0.4 is 27.0 Å². The number of carbonyl (C=O) groups excluding carboxylic acids is 3. The molecule has 14 heteroatoms. The summed E-state index contributed by atoms with van der Waals surface area (Å²) in [4.78, 5) is 39.7. The van der Waals surface area contributed by atoms with Crippen LogP contribution in [0, 0.1) is 17.7 Å². The van der Waals surface area contributed by atoms with E-state index >= 15 is 4.39 Å². The number of H-pyrrole nitrogens is 1. The van der Waals surface area contributed by atoms with E-state index in [2.05, 4.69) is 41.9 Å². The second kappa shape index (κ2) is 17.3. The van der Waals surface area contributed by atoms with E-state index in [1.165, 1.54) is 12.1 Å². The summed E-state index contributed by atoms with van der Waals surface area (Å²) < 4.78 is 15.1. The Labute approximate surface area is 296 Å². The van der Waals surface area contributed by atoms with Crippen LogP contribution >= 0.6 is 12.4 Å². The molecule has 0 unspecified atom stereocenters. The molecular formula is C36H43ClFN9O3. The monoisotopic (exact) mass is 703 g/mol. The summed E-state index contributed by atoms with van der Waals surface area (Å²) in [7, 11) is 0. The molecule has 0 bridgehead atoms. The minimum atomic E-state index is -0.836. The van der Waals surface area contributed by atoms with Gasteiger partial charge >= 0.3 is 0 Å². The maximum Gasteiger partial charge on any atom is 0.254 e. The smallest absolute Gasteiger partial charge is 0.254 e. The average molecular weight is 704 g/mol. The van der Waals surface area contributed by atoms with Crippen molar-refractivity contribution in [1.82, 2.24) is 36.6 Å². The minimum Gasteiger partial charge on any atom is -0.349 e. The van der Waals surface area contributed by atoms with Gasteiger partial charge in [0.05, 0.1) is 5.56 Å². The Morgan fingerprint density at radius 1 is 0.880 bits per heavy atom. The van der Waals surface area contributed by atoms with Crippen molar-refractivity contribution >= 4 is 35.8 Å². The third-order valence-electron chi connectivity index (χ3n) is 9.56. The number of benzene rings is 3. The van der Waals surface area contributed by atoms with Crippen LogP contribution in [0.2, 0.25) is 0 Å². The van der Waals surface area contributed by atoms with Gasteiger partial charge in [-0.15, -0.1) is 22.6 Å².